The topological polar surface area (TPSA) is 90.3 Å². The third-order valence-electron chi connectivity index (χ3n) is 7.84. The molecule has 0 aromatic heterocycles. The van der Waals surface area contributed by atoms with E-state index in [4.69, 9.17) is 9.84 Å². The van der Waals surface area contributed by atoms with Crippen LogP contribution in [0.3, 0.4) is 0 Å². The van der Waals surface area contributed by atoms with Crippen LogP contribution in [-0.4, -0.2) is 64.4 Å². The van der Waals surface area contributed by atoms with Gasteiger partial charge < -0.3 is 24.7 Å². The minimum Gasteiger partial charge on any atom is -0.478 e. The first-order valence-corrected chi connectivity index (χ1v) is 13.4. The first-order valence-electron chi connectivity index (χ1n) is 13.4. The van der Waals surface area contributed by atoms with E-state index in [-0.39, 0.29) is 31.7 Å². The van der Waals surface area contributed by atoms with E-state index in [9.17, 15) is 27.9 Å². The first kappa shape index (κ1) is 28.9. The fourth-order valence-corrected chi connectivity index (χ4v) is 5.86. The Labute approximate surface area is 226 Å². The van der Waals surface area contributed by atoms with Crippen LogP contribution >= 0.6 is 0 Å². The molecule has 2 aliphatic heterocycles. The van der Waals surface area contributed by atoms with E-state index >= 15 is 0 Å². The minimum absolute atomic E-state index is 0.0547. The Morgan fingerprint density at radius 2 is 1.77 bits per heavy atom. The number of hydrogen-bond acceptors (Lipinski definition) is 5. The molecule has 1 amide bonds. The molecule has 2 heterocycles. The Bertz CT molecular complexity index is 1160. The summed E-state index contributed by atoms with van der Waals surface area (Å²) < 4.78 is 44.9. The highest BCUT2D eigenvalue weighted by Gasteiger charge is 2.38. The zero-order valence-electron chi connectivity index (χ0n) is 22.0. The Balaban J connectivity index is 0.00000112. The summed E-state index contributed by atoms with van der Waals surface area (Å²) >= 11 is 0. The SMILES string of the molecule is CCO.O=C(O)c1cccc(C2CCN(C3CCC(C(=O)N4COc5ccc(C(F)(F)F)cc5C4)C3)CC2)c1. The van der Waals surface area contributed by atoms with E-state index in [1.165, 1.54) is 11.0 Å². The highest BCUT2D eigenvalue weighted by atomic mass is 19.4. The van der Waals surface area contributed by atoms with Crippen LogP contribution in [0.4, 0.5) is 13.2 Å². The van der Waals surface area contributed by atoms with Gasteiger partial charge in [-0.2, -0.15) is 13.2 Å². The van der Waals surface area contributed by atoms with E-state index < -0.39 is 17.7 Å². The Morgan fingerprint density at radius 3 is 2.44 bits per heavy atom. The maximum Gasteiger partial charge on any atom is 0.416 e. The summed E-state index contributed by atoms with van der Waals surface area (Å²) in [5, 5.41) is 16.8. The molecular formula is C29H35F3N2O5. The van der Waals surface area contributed by atoms with Crippen molar-refractivity contribution in [3.8, 4) is 5.75 Å². The number of carbonyl (C=O) groups is 2. The van der Waals surface area contributed by atoms with Crippen LogP contribution in [0, 0.1) is 5.92 Å². The number of likely N-dealkylation sites (tertiary alicyclic amines) is 1. The molecule has 2 aromatic carbocycles. The molecule has 212 valence electrons. The minimum atomic E-state index is -4.44. The van der Waals surface area contributed by atoms with Gasteiger partial charge in [0.15, 0.2) is 6.73 Å². The largest absolute Gasteiger partial charge is 0.478 e. The van der Waals surface area contributed by atoms with Gasteiger partial charge in [-0.15, -0.1) is 0 Å². The Kier molecular flexibility index (Phi) is 9.17. The maximum atomic E-state index is 13.2. The fourth-order valence-electron chi connectivity index (χ4n) is 5.86. The zero-order chi connectivity index (χ0) is 28.2. The van der Waals surface area contributed by atoms with Gasteiger partial charge in [-0.25, -0.2) is 4.79 Å². The van der Waals surface area contributed by atoms with Crippen LogP contribution in [0.1, 0.15) is 72.0 Å². The molecule has 1 saturated heterocycles. The van der Waals surface area contributed by atoms with Gasteiger partial charge in [-0.05, 0) is 93.9 Å². The first-order chi connectivity index (χ1) is 18.6. The number of carboxylic acids is 1. The van der Waals surface area contributed by atoms with Gasteiger partial charge in [0, 0.05) is 24.1 Å². The van der Waals surface area contributed by atoms with Crippen LogP contribution in [0.25, 0.3) is 0 Å². The number of amides is 1. The highest BCUT2D eigenvalue weighted by molar-refractivity contribution is 5.87. The molecule has 0 radical (unpaired) electrons. The van der Waals surface area contributed by atoms with Crippen molar-refractivity contribution in [2.45, 2.75) is 63.7 Å². The third-order valence-corrected chi connectivity index (χ3v) is 7.84. The van der Waals surface area contributed by atoms with E-state index in [1.54, 1.807) is 25.1 Å². The molecule has 5 rings (SSSR count). The van der Waals surface area contributed by atoms with Gasteiger partial charge in [-0.3, -0.25) is 4.79 Å². The lowest BCUT2D eigenvalue weighted by Crippen LogP contribution is -2.42. The number of fused-ring (bicyclic) bond motifs is 1. The van der Waals surface area contributed by atoms with Gasteiger partial charge in [0.25, 0.3) is 0 Å². The molecule has 1 aliphatic carbocycles. The number of piperidine rings is 1. The predicted molar refractivity (Wildman–Crippen MR) is 138 cm³/mol. The Hall–Kier alpha value is -3.11. The lowest BCUT2D eigenvalue weighted by atomic mass is 9.88. The monoisotopic (exact) mass is 548 g/mol. The van der Waals surface area contributed by atoms with Gasteiger partial charge in [-0.1, -0.05) is 12.1 Å². The standard InChI is InChI=1S/C27H29F3N2O4.C2H6O/c28-27(29,30)22-5-7-24-21(13-22)15-32(16-36-24)25(33)19-4-6-23(14-19)31-10-8-17(9-11-31)18-2-1-3-20(12-18)26(34)35;1-2-3/h1-3,5,7,12-13,17,19,23H,4,6,8-11,14-16H2,(H,34,35);3H,2H2,1H3. The van der Waals surface area contributed by atoms with Gasteiger partial charge in [0.1, 0.15) is 5.75 Å². The van der Waals surface area contributed by atoms with Crippen molar-refractivity contribution in [1.29, 1.82) is 0 Å². The number of benzene rings is 2. The summed E-state index contributed by atoms with van der Waals surface area (Å²) in [5.41, 5.74) is 1.02. The number of carbonyl (C=O) groups excluding carboxylic acids is 1. The van der Waals surface area contributed by atoms with Crippen molar-refractivity contribution in [3.05, 3.63) is 64.7 Å². The van der Waals surface area contributed by atoms with Crippen molar-refractivity contribution in [3.63, 3.8) is 0 Å². The number of aliphatic hydroxyl groups is 1. The highest BCUT2D eigenvalue weighted by Crippen LogP contribution is 2.38. The molecule has 0 spiro atoms. The third kappa shape index (κ3) is 6.91. The van der Waals surface area contributed by atoms with E-state index in [0.29, 0.717) is 28.8 Å². The van der Waals surface area contributed by atoms with E-state index in [0.717, 1.165) is 62.9 Å². The van der Waals surface area contributed by atoms with E-state index in [2.05, 4.69) is 4.90 Å². The number of carboxylic acid groups (broad SMARTS) is 1. The molecule has 2 atom stereocenters. The molecule has 7 nitrogen and oxygen atoms in total. The summed E-state index contributed by atoms with van der Waals surface area (Å²) in [6.07, 6.45) is -0.140. The molecule has 3 aliphatic rings. The number of halogens is 3. The quantitative estimate of drug-likeness (QED) is 0.551. The molecule has 2 fully saturated rings. The van der Waals surface area contributed by atoms with Crippen LogP contribution in [-0.2, 0) is 17.5 Å². The molecule has 10 heteroatoms. The van der Waals surface area contributed by atoms with Crippen LogP contribution in [0.2, 0.25) is 0 Å². The fraction of sp³-hybridized carbons (Fsp3) is 0.517. The van der Waals surface area contributed by atoms with Crippen molar-refractivity contribution in [1.82, 2.24) is 9.80 Å². The number of rotatable bonds is 4. The number of aliphatic hydroxyl groups excluding tert-OH is 1. The second kappa shape index (κ2) is 12.4. The average molecular weight is 549 g/mol. The van der Waals surface area contributed by atoms with E-state index in [1.807, 2.05) is 6.07 Å². The van der Waals surface area contributed by atoms with Crippen molar-refractivity contribution < 1.29 is 37.7 Å². The van der Waals surface area contributed by atoms with Crippen molar-refractivity contribution in [2.24, 2.45) is 5.92 Å². The molecule has 2 unspecified atom stereocenters. The molecule has 2 aromatic rings. The number of aromatic carboxylic acids is 1. The smallest absolute Gasteiger partial charge is 0.416 e. The lowest BCUT2D eigenvalue weighted by molar-refractivity contribution is -0.140. The van der Waals surface area contributed by atoms with Crippen molar-refractivity contribution >= 4 is 11.9 Å². The molecule has 2 N–H and O–H groups in total. The summed E-state index contributed by atoms with van der Waals surface area (Å²) in [6.45, 7) is 3.90. The van der Waals surface area contributed by atoms with Gasteiger partial charge >= 0.3 is 12.1 Å². The number of alkyl halides is 3. The average Bonchev–Trinajstić information content (AvgIpc) is 3.42. The van der Waals surface area contributed by atoms with Crippen molar-refractivity contribution in [2.75, 3.05) is 26.4 Å². The Morgan fingerprint density at radius 1 is 1.05 bits per heavy atom. The van der Waals surface area contributed by atoms with Crippen LogP contribution in [0.5, 0.6) is 5.75 Å². The number of ether oxygens (including phenoxy) is 1. The summed E-state index contributed by atoms with van der Waals surface area (Å²) in [6, 6.07) is 10.9. The maximum absolute atomic E-state index is 13.2. The van der Waals surface area contributed by atoms with Gasteiger partial charge in [0.05, 0.1) is 17.7 Å². The second-order valence-corrected chi connectivity index (χ2v) is 10.4. The summed E-state index contributed by atoms with van der Waals surface area (Å²) in [7, 11) is 0. The summed E-state index contributed by atoms with van der Waals surface area (Å²) in [5.74, 6) is -0.407. The normalized spacial score (nSPS) is 21.9. The van der Waals surface area contributed by atoms with Crippen LogP contribution < -0.4 is 4.74 Å². The zero-order valence-corrected chi connectivity index (χ0v) is 22.0. The van der Waals surface area contributed by atoms with Gasteiger partial charge in [0.2, 0.25) is 5.91 Å². The molecule has 0 bridgehead atoms. The molecule has 1 saturated carbocycles. The molecular weight excluding hydrogens is 513 g/mol. The molecule has 39 heavy (non-hydrogen) atoms. The number of hydrogen-bond donors (Lipinski definition) is 2. The summed E-state index contributed by atoms with van der Waals surface area (Å²) in [4.78, 5) is 28.4. The number of nitrogens with zero attached hydrogens (tertiary/aromatic N) is 2. The second-order valence-electron chi connectivity index (χ2n) is 10.4. The predicted octanol–water partition coefficient (Wildman–Crippen LogP) is 5.13. The van der Waals surface area contributed by atoms with Crippen LogP contribution in [0.15, 0.2) is 42.5 Å². The lowest BCUT2D eigenvalue weighted by Gasteiger charge is -2.36.